The van der Waals surface area contributed by atoms with Crippen molar-refractivity contribution < 1.29 is 39.8 Å². The van der Waals surface area contributed by atoms with Gasteiger partial charge in [-0.3, -0.25) is 4.79 Å². The molecule has 7 unspecified atom stereocenters. The second-order valence-electron chi connectivity index (χ2n) is 25.3. The fraction of sp³-hybridized carbons (Fsp3) is 0.829. The molecule has 0 aliphatic carbocycles. The quantitative estimate of drug-likeness (QED) is 0.0261. The topological polar surface area (TPSA) is 149 Å². The van der Waals surface area contributed by atoms with E-state index in [-0.39, 0.29) is 12.5 Å². The van der Waals surface area contributed by atoms with Gasteiger partial charge in [0.1, 0.15) is 24.4 Å². The molecular formula is C76H139NO8. The first-order valence-electron chi connectivity index (χ1n) is 36.7. The maximum absolute atomic E-state index is 13.1. The van der Waals surface area contributed by atoms with E-state index >= 15 is 0 Å². The Kier molecular flexibility index (Phi) is 61.3. The van der Waals surface area contributed by atoms with Crippen LogP contribution in [-0.4, -0.2) is 87.5 Å². The second-order valence-corrected chi connectivity index (χ2v) is 25.3. The Morgan fingerprint density at radius 1 is 0.412 bits per heavy atom. The summed E-state index contributed by atoms with van der Waals surface area (Å²) < 4.78 is 11.3. The Labute approximate surface area is 525 Å². The average molecular weight is 1190 g/mol. The van der Waals surface area contributed by atoms with Crippen molar-refractivity contribution in [1.29, 1.82) is 0 Å². The smallest absolute Gasteiger partial charge is 0.220 e. The molecule has 0 bridgehead atoms. The third-order valence-corrected chi connectivity index (χ3v) is 17.3. The molecule has 0 spiro atoms. The monoisotopic (exact) mass is 1190 g/mol. The maximum Gasteiger partial charge on any atom is 0.220 e. The lowest BCUT2D eigenvalue weighted by molar-refractivity contribution is -0.302. The fourth-order valence-corrected chi connectivity index (χ4v) is 11.6. The van der Waals surface area contributed by atoms with E-state index in [2.05, 4.69) is 79.9 Å². The lowest BCUT2D eigenvalue weighted by Gasteiger charge is -2.40. The number of rotatable bonds is 64. The summed E-state index contributed by atoms with van der Waals surface area (Å²) in [7, 11) is 0. The fourth-order valence-electron chi connectivity index (χ4n) is 11.6. The lowest BCUT2D eigenvalue weighted by atomic mass is 9.99. The highest BCUT2D eigenvalue weighted by Crippen LogP contribution is 2.23. The van der Waals surface area contributed by atoms with Gasteiger partial charge >= 0.3 is 0 Å². The molecule has 0 radical (unpaired) electrons. The summed E-state index contributed by atoms with van der Waals surface area (Å²) in [6.45, 7) is 3.70. The molecule has 1 amide bonds. The van der Waals surface area contributed by atoms with Crippen LogP contribution in [0.4, 0.5) is 0 Å². The molecule has 85 heavy (non-hydrogen) atoms. The first-order chi connectivity index (χ1) is 41.8. The summed E-state index contributed by atoms with van der Waals surface area (Å²) in [5, 5.41) is 54.8. The lowest BCUT2D eigenvalue weighted by Crippen LogP contribution is -2.60. The van der Waals surface area contributed by atoms with E-state index in [0.717, 1.165) is 64.2 Å². The number of ether oxygens (including phenoxy) is 2. The van der Waals surface area contributed by atoms with Crippen molar-refractivity contribution in [3.05, 3.63) is 72.9 Å². The maximum atomic E-state index is 13.1. The Hall–Kier alpha value is -2.37. The van der Waals surface area contributed by atoms with Crippen molar-refractivity contribution in [2.45, 2.75) is 391 Å². The van der Waals surface area contributed by atoms with Crippen LogP contribution in [0.3, 0.4) is 0 Å². The Morgan fingerprint density at radius 3 is 1.13 bits per heavy atom. The van der Waals surface area contributed by atoms with E-state index in [1.54, 1.807) is 6.08 Å². The normalized spacial score (nSPS) is 18.5. The minimum atomic E-state index is -1.57. The van der Waals surface area contributed by atoms with Crippen molar-refractivity contribution >= 4 is 5.91 Å². The number of unbranched alkanes of at least 4 members (excludes halogenated alkanes) is 44. The van der Waals surface area contributed by atoms with Crippen molar-refractivity contribution in [2.75, 3.05) is 13.2 Å². The predicted octanol–water partition coefficient (Wildman–Crippen LogP) is 20.3. The summed E-state index contributed by atoms with van der Waals surface area (Å²) in [4.78, 5) is 13.1. The standard InChI is InChI=1S/C76H139NO8/c1-3-5-7-9-11-13-15-17-19-21-23-25-27-29-30-31-32-33-34-35-36-37-38-39-40-42-44-46-48-50-52-54-56-58-60-62-64-66-72(80)77-69(68-84-76-75(83)74(82)73(81)71(67-78)85-76)70(79)65-63-61-59-57-55-53-51-49-47-45-43-41-28-26-24-22-20-18-16-14-12-10-8-6-4-2/h5,7,11,13,17,19,23,25,55,57,63,65,69-71,73-76,78-79,81-83H,3-4,6,8-10,12,14-16,18,20-22,24,26-54,56,58-62,64,66-68H2,1-2H3,(H,77,80)/b7-5-,13-11-,19-17-,25-23-,57-55+,65-63+. The number of amides is 1. The SMILES string of the molecule is CC/C=C\C/C=C\C/C=C\C/C=C\CCCCCCCCCCCCCCCCCCCCCCCCCCC(=O)NC(COC1OC(CO)C(O)C(O)C1O)C(O)/C=C/CC/C=C/CCCCCCCCCCCCCCCCCCCCC. The number of allylic oxidation sites excluding steroid dienone is 11. The van der Waals surface area contributed by atoms with Gasteiger partial charge in [0.25, 0.3) is 0 Å². The van der Waals surface area contributed by atoms with E-state index in [1.165, 1.54) is 263 Å². The average Bonchev–Trinajstić information content (AvgIpc) is 3.57. The van der Waals surface area contributed by atoms with E-state index < -0.39 is 49.5 Å². The number of aliphatic hydroxyl groups excluding tert-OH is 5. The highest BCUT2D eigenvalue weighted by atomic mass is 16.7. The van der Waals surface area contributed by atoms with Crippen LogP contribution < -0.4 is 5.32 Å². The molecule has 1 saturated heterocycles. The second kappa shape index (κ2) is 64.6. The molecule has 9 nitrogen and oxygen atoms in total. The van der Waals surface area contributed by atoms with Crippen LogP contribution in [0.15, 0.2) is 72.9 Å². The number of nitrogens with one attached hydrogen (secondary N) is 1. The van der Waals surface area contributed by atoms with Gasteiger partial charge in [-0.25, -0.2) is 0 Å². The van der Waals surface area contributed by atoms with Crippen LogP contribution in [0, 0.1) is 0 Å². The van der Waals surface area contributed by atoms with Gasteiger partial charge in [-0.15, -0.1) is 0 Å². The first kappa shape index (κ1) is 80.6. The van der Waals surface area contributed by atoms with Gasteiger partial charge < -0.3 is 40.3 Å². The van der Waals surface area contributed by atoms with Gasteiger partial charge in [-0.1, -0.05) is 344 Å². The van der Waals surface area contributed by atoms with E-state index in [0.29, 0.717) is 6.42 Å². The molecule has 6 N–H and O–H groups in total. The molecule has 0 aromatic heterocycles. The van der Waals surface area contributed by atoms with Crippen LogP contribution in [0.1, 0.15) is 348 Å². The summed E-state index contributed by atoms with van der Waals surface area (Å²) in [6.07, 6.45) is 84.6. The zero-order valence-corrected chi connectivity index (χ0v) is 55.6. The molecule has 496 valence electrons. The minimum absolute atomic E-state index is 0.181. The molecule has 1 fully saturated rings. The molecule has 0 saturated carbocycles. The molecule has 7 atom stereocenters. The van der Waals surface area contributed by atoms with Crippen molar-refractivity contribution in [1.82, 2.24) is 5.32 Å². The van der Waals surface area contributed by atoms with Gasteiger partial charge in [0.05, 0.1) is 25.4 Å². The molecule has 1 heterocycles. The third kappa shape index (κ3) is 53.2. The summed E-state index contributed by atoms with van der Waals surface area (Å²) in [5.74, 6) is -0.181. The van der Waals surface area contributed by atoms with Gasteiger partial charge in [-0.05, 0) is 70.6 Å². The summed E-state index contributed by atoms with van der Waals surface area (Å²) >= 11 is 0. The van der Waals surface area contributed by atoms with Crippen molar-refractivity contribution in [3.8, 4) is 0 Å². The van der Waals surface area contributed by atoms with Crippen LogP contribution in [0.2, 0.25) is 0 Å². The molecule has 1 rings (SSSR count). The van der Waals surface area contributed by atoms with Gasteiger partial charge in [0.15, 0.2) is 6.29 Å². The predicted molar refractivity (Wildman–Crippen MR) is 364 cm³/mol. The summed E-state index contributed by atoms with van der Waals surface area (Å²) in [6, 6.07) is -0.824. The highest BCUT2D eigenvalue weighted by molar-refractivity contribution is 5.76. The van der Waals surface area contributed by atoms with E-state index in [1.807, 2.05) is 6.08 Å². The van der Waals surface area contributed by atoms with Crippen molar-refractivity contribution in [3.63, 3.8) is 0 Å². The summed E-state index contributed by atoms with van der Waals surface area (Å²) in [5.41, 5.74) is 0. The van der Waals surface area contributed by atoms with Crippen LogP contribution >= 0.6 is 0 Å². The van der Waals surface area contributed by atoms with Gasteiger partial charge in [0.2, 0.25) is 5.91 Å². The van der Waals surface area contributed by atoms with Gasteiger partial charge in [-0.2, -0.15) is 0 Å². The van der Waals surface area contributed by atoms with E-state index in [9.17, 15) is 30.3 Å². The third-order valence-electron chi connectivity index (χ3n) is 17.3. The number of carbonyl (C=O) groups excluding carboxylic acids is 1. The van der Waals surface area contributed by atoms with Crippen LogP contribution in [-0.2, 0) is 14.3 Å². The largest absolute Gasteiger partial charge is 0.394 e. The van der Waals surface area contributed by atoms with Crippen molar-refractivity contribution in [2.24, 2.45) is 0 Å². The molecule has 0 aromatic carbocycles. The number of aliphatic hydroxyl groups is 5. The Bertz CT molecular complexity index is 1570. The highest BCUT2D eigenvalue weighted by Gasteiger charge is 2.44. The molecule has 1 aliphatic heterocycles. The van der Waals surface area contributed by atoms with Crippen LogP contribution in [0.25, 0.3) is 0 Å². The molecular weight excluding hydrogens is 1050 g/mol. The number of carbonyl (C=O) groups is 1. The zero-order valence-electron chi connectivity index (χ0n) is 55.6. The van der Waals surface area contributed by atoms with Crippen LogP contribution in [0.5, 0.6) is 0 Å². The first-order valence-corrected chi connectivity index (χ1v) is 36.7. The number of hydrogen-bond acceptors (Lipinski definition) is 8. The van der Waals surface area contributed by atoms with Gasteiger partial charge in [0, 0.05) is 6.42 Å². The minimum Gasteiger partial charge on any atom is -0.394 e. The van der Waals surface area contributed by atoms with E-state index in [4.69, 9.17) is 9.47 Å². The molecule has 0 aromatic rings. The zero-order chi connectivity index (χ0) is 61.4. The molecule has 9 heteroatoms. The molecule has 1 aliphatic rings. The Balaban J connectivity index is 2.09. The Morgan fingerprint density at radius 2 is 0.741 bits per heavy atom. The number of hydrogen-bond donors (Lipinski definition) is 6.